The number of benzene rings is 1. The molecule has 1 fully saturated rings. The second-order valence-corrected chi connectivity index (χ2v) is 5.42. The molecule has 2 rings (SSSR count). The predicted molar refractivity (Wildman–Crippen MR) is 82.5 cm³/mol. The number of likely N-dealkylation sites (tertiary alicyclic amines) is 1. The summed E-state index contributed by atoms with van der Waals surface area (Å²) >= 11 is 0. The van der Waals surface area contributed by atoms with Gasteiger partial charge in [0.25, 0.3) is 0 Å². The van der Waals surface area contributed by atoms with Crippen LogP contribution in [0.5, 0.6) is 11.5 Å². The van der Waals surface area contributed by atoms with E-state index in [1.54, 1.807) is 7.11 Å². The first kappa shape index (κ1) is 14.9. The number of piperidine rings is 1. The van der Waals surface area contributed by atoms with Crippen LogP contribution in [0.25, 0.3) is 0 Å². The van der Waals surface area contributed by atoms with Crippen LogP contribution >= 0.6 is 0 Å². The summed E-state index contributed by atoms with van der Waals surface area (Å²) in [4.78, 5) is 2.50. The highest BCUT2D eigenvalue weighted by Crippen LogP contribution is 2.25. The van der Waals surface area contributed by atoms with Crippen LogP contribution in [-0.2, 0) is 0 Å². The van der Waals surface area contributed by atoms with Crippen molar-refractivity contribution < 1.29 is 9.47 Å². The van der Waals surface area contributed by atoms with Crippen molar-refractivity contribution in [2.75, 3.05) is 33.4 Å². The molecule has 0 saturated carbocycles. The van der Waals surface area contributed by atoms with Gasteiger partial charge in [0.15, 0.2) is 11.5 Å². The van der Waals surface area contributed by atoms with Crippen LogP contribution in [0, 0.1) is 5.92 Å². The minimum absolute atomic E-state index is 0.588. The smallest absolute Gasteiger partial charge is 0.161 e. The molecule has 3 nitrogen and oxygen atoms in total. The van der Waals surface area contributed by atoms with Crippen LogP contribution in [0.15, 0.2) is 36.4 Å². The molecule has 0 radical (unpaired) electrons. The van der Waals surface area contributed by atoms with E-state index in [1.807, 2.05) is 24.3 Å². The van der Waals surface area contributed by atoms with Crippen LogP contribution < -0.4 is 9.47 Å². The largest absolute Gasteiger partial charge is 0.493 e. The van der Waals surface area contributed by atoms with E-state index in [0.29, 0.717) is 6.61 Å². The lowest BCUT2D eigenvalue weighted by atomic mass is 9.99. The van der Waals surface area contributed by atoms with Gasteiger partial charge in [0.2, 0.25) is 0 Å². The number of hydrogen-bond acceptors (Lipinski definition) is 3. The van der Waals surface area contributed by atoms with E-state index < -0.39 is 0 Å². The van der Waals surface area contributed by atoms with Gasteiger partial charge in [-0.25, -0.2) is 0 Å². The topological polar surface area (TPSA) is 21.7 Å². The van der Waals surface area contributed by atoms with E-state index in [9.17, 15) is 0 Å². The van der Waals surface area contributed by atoms with Gasteiger partial charge in [-0.3, -0.25) is 4.90 Å². The highest BCUT2D eigenvalue weighted by molar-refractivity contribution is 5.39. The Morgan fingerprint density at radius 2 is 1.85 bits per heavy atom. The first-order chi connectivity index (χ1) is 9.79. The van der Waals surface area contributed by atoms with Gasteiger partial charge >= 0.3 is 0 Å². The second-order valence-electron chi connectivity index (χ2n) is 5.42. The maximum Gasteiger partial charge on any atom is 0.161 e. The third-order valence-electron chi connectivity index (χ3n) is 3.81. The predicted octanol–water partition coefficient (Wildman–Crippen LogP) is 3.36. The molecule has 0 aromatic heterocycles. The molecule has 1 saturated heterocycles. The van der Waals surface area contributed by atoms with E-state index in [2.05, 4.69) is 24.0 Å². The molecule has 0 amide bonds. The van der Waals surface area contributed by atoms with Gasteiger partial charge in [0.05, 0.1) is 7.11 Å². The summed E-state index contributed by atoms with van der Waals surface area (Å²) in [5, 5.41) is 0. The maximum absolute atomic E-state index is 5.70. The van der Waals surface area contributed by atoms with Gasteiger partial charge < -0.3 is 9.47 Å². The minimum Gasteiger partial charge on any atom is -0.493 e. The fourth-order valence-corrected chi connectivity index (χ4v) is 2.41. The molecule has 0 spiro atoms. The number of para-hydroxylation sites is 2. The SMILES string of the molecule is COc1ccccc1OC/C=C/CN1CCC(C)CC1. The molecule has 110 valence electrons. The Labute approximate surface area is 122 Å². The lowest BCUT2D eigenvalue weighted by Gasteiger charge is -2.29. The summed E-state index contributed by atoms with van der Waals surface area (Å²) in [6.45, 7) is 6.40. The zero-order valence-electron chi connectivity index (χ0n) is 12.5. The Bertz CT molecular complexity index is 423. The Morgan fingerprint density at radius 1 is 1.15 bits per heavy atom. The first-order valence-electron chi connectivity index (χ1n) is 7.42. The Balaban J connectivity index is 1.69. The minimum atomic E-state index is 0.588. The molecule has 1 aliphatic heterocycles. The molecular weight excluding hydrogens is 250 g/mol. The third kappa shape index (κ3) is 4.57. The molecule has 20 heavy (non-hydrogen) atoms. The molecular formula is C17H25NO2. The van der Waals surface area contributed by atoms with Crippen molar-refractivity contribution in [3.8, 4) is 11.5 Å². The van der Waals surface area contributed by atoms with E-state index in [0.717, 1.165) is 24.0 Å². The molecule has 3 heteroatoms. The number of rotatable bonds is 6. The summed E-state index contributed by atoms with van der Waals surface area (Å²) in [5.41, 5.74) is 0. The van der Waals surface area contributed by atoms with E-state index >= 15 is 0 Å². The van der Waals surface area contributed by atoms with Crippen LogP contribution in [0.2, 0.25) is 0 Å². The molecule has 1 aromatic rings. The summed E-state index contributed by atoms with van der Waals surface area (Å²) in [6.07, 6.45) is 6.94. The van der Waals surface area contributed by atoms with Crippen molar-refractivity contribution in [2.45, 2.75) is 19.8 Å². The molecule has 0 aliphatic carbocycles. The van der Waals surface area contributed by atoms with Crippen molar-refractivity contribution in [3.63, 3.8) is 0 Å². The molecule has 1 aromatic carbocycles. The van der Waals surface area contributed by atoms with Gasteiger partial charge in [-0.05, 0) is 44.0 Å². The number of hydrogen-bond donors (Lipinski definition) is 0. The van der Waals surface area contributed by atoms with Crippen LogP contribution in [-0.4, -0.2) is 38.3 Å². The Hall–Kier alpha value is -1.48. The number of nitrogens with zero attached hydrogens (tertiary/aromatic N) is 1. The Morgan fingerprint density at radius 3 is 2.55 bits per heavy atom. The van der Waals surface area contributed by atoms with E-state index in [1.165, 1.54) is 25.9 Å². The third-order valence-corrected chi connectivity index (χ3v) is 3.81. The molecule has 1 heterocycles. The molecule has 0 atom stereocenters. The number of methoxy groups -OCH3 is 1. The van der Waals surface area contributed by atoms with Gasteiger partial charge in [-0.15, -0.1) is 0 Å². The van der Waals surface area contributed by atoms with Crippen molar-refractivity contribution in [1.82, 2.24) is 4.90 Å². The molecule has 0 N–H and O–H groups in total. The zero-order chi connectivity index (χ0) is 14.2. The van der Waals surface area contributed by atoms with E-state index in [4.69, 9.17) is 9.47 Å². The van der Waals surface area contributed by atoms with Crippen molar-refractivity contribution in [1.29, 1.82) is 0 Å². The monoisotopic (exact) mass is 275 g/mol. The number of ether oxygens (including phenoxy) is 2. The Kier molecular flexibility index (Phi) is 5.93. The lowest BCUT2D eigenvalue weighted by molar-refractivity contribution is 0.210. The average molecular weight is 275 g/mol. The quantitative estimate of drug-likeness (QED) is 0.743. The molecule has 0 unspecified atom stereocenters. The van der Waals surface area contributed by atoms with Crippen LogP contribution in [0.3, 0.4) is 0 Å². The normalized spacial score (nSPS) is 17.5. The van der Waals surface area contributed by atoms with Crippen LogP contribution in [0.4, 0.5) is 0 Å². The summed E-state index contributed by atoms with van der Waals surface area (Å²) in [5.74, 6) is 2.47. The second kappa shape index (κ2) is 7.95. The fourth-order valence-electron chi connectivity index (χ4n) is 2.41. The highest BCUT2D eigenvalue weighted by Gasteiger charge is 2.13. The van der Waals surface area contributed by atoms with Gasteiger partial charge in [0, 0.05) is 6.54 Å². The average Bonchev–Trinajstić information content (AvgIpc) is 2.49. The summed E-state index contributed by atoms with van der Waals surface area (Å²) in [7, 11) is 1.66. The highest BCUT2D eigenvalue weighted by atomic mass is 16.5. The first-order valence-corrected chi connectivity index (χ1v) is 7.42. The zero-order valence-corrected chi connectivity index (χ0v) is 12.5. The summed E-state index contributed by atoms with van der Waals surface area (Å²) < 4.78 is 11.0. The standard InChI is InChI=1S/C17H25NO2/c1-15-9-12-18(13-10-15)11-5-6-14-20-17-8-4-3-7-16(17)19-2/h3-8,15H,9-14H2,1-2H3/b6-5+. The van der Waals surface area contributed by atoms with Gasteiger partial charge in [0.1, 0.15) is 6.61 Å². The lowest BCUT2D eigenvalue weighted by Crippen LogP contribution is -2.32. The van der Waals surface area contributed by atoms with Crippen LogP contribution in [0.1, 0.15) is 19.8 Å². The fraction of sp³-hybridized carbons (Fsp3) is 0.529. The molecule has 0 bridgehead atoms. The van der Waals surface area contributed by atoms with Crippen molar-refractivity contribution >= 4 is 0 Å². The van der Waals surface area contributed by atoms with E-state index in [-0.39, 0.29) is 0 Å². The van der Waals surface area contributed by atoms with Gasteiger partial charge in [-0.2, -0.15) is 0 Å². The van der Waals surface area contributed by atoms with Crippen molar-refractivity contribution in [3.05, 3.63) is 36.4 Å². The maximum atomic E-state index is 5.70. The molecule has 1 aliphatic rings. The van der Waals surface area contributed by atoms with Gasteiger partial charge in [-0.1, -0.05) is 31.2 Å². The van der Waals surface area contributed by atoms with Crippen molar-refractivity contribution in [2.24, 2.45) is 5.92 Å². The summed E-state index contributed by atoms with van der Waals surface area (Å²) in [6, 6.07) is 7.74.